The fraction of sp³-hybridized carbons (Fsp3) is 0.250. The van der Waals surface area contributed by atoms with Crippen molar-refractivity contribution in [2.45, 2.75) is 32.8 Å². The Balaban J connectivity index is 1.82. The van der Waals surface area contributed by atoms with Crippen molar-refractivity contribution in [3.05, 3.63) is 95.3 Å². The minimum absolute atomic E-state index is 0.0165. The average molecular weight is 389 g/mol. The summed E-state index contributed by atoms with van der Waals surface area (Å²) >= 11 is 0. The summed E-state index contributed by atoms with van der Waals surface area (Å²) < 4.78 is 5.86. The van der Waals surface area contributed by atoms with Crippen LogP contribution in [0.3, 0.4) is 0 Å². The lowest BCUT2D eigenvalue weighted by Gasteiger charge is -2.35. The third kappa shape index (κ3) is 4.46. The van der Waals surface area contributed by atoms with Gasteiger partial charge in [-0.1, -0.05) is 63.2 Å². The summed E-state index contributed by atoms with van der Waals surface area (Å²) in [6.45, 7) is 7.08. The van der Waals surface area contributed by atoms with Crippen LogP contribution in [0.25, 0.3) is 0 Å². The summed E-state index contributed by atoms with van der Waals surface area (Å²) in [6.07, 6.45) is 1.76. The minimum Gasteiger partial charge on any atom is -0.487 e. The summed E-state index contributed by atoms with van der Waals surface area (Å²) in [5, 5.41) is 16.6. The lowest BCUT2D eigenvalue weighted by atomic mass is 9.68. The van der Waals surface area contributed by atoms with E-state index in [1.54, 1.807) is 6.20 Å². The van der Waals surface area contributed by atoms with E-state index < -0.39 is 0 Å². The molecule has 0 aliphatic rings. The van der Waals surface area contributed by atoms with Gasteiger partial charge in [-0.05, 0) is 41.3 Å². The molecule has 3 aromatic rings. The molecule has 0 aliphatic heterocycles. The summed E-state index contributed by atoms with van der Waals surface area (Å²) in [4.78, 5) is 4.28. The highest BCUT2D eigenvalue weighted by Gasteiger charge is 2.32. The Morgan fingerprint density at radius 3 is 2.17 bits per heavy atom. The molecule has 1 aromatic heterocycles. The molecule has 3 rings (SSSR count). The van der Waals surface area contributed by atoms with Gasteiger partial charge in [0.1, 0.15) is 18.2 Å². The Bertz CT molecular complexity index is 938. The molecule has 0 radical (unpaired) electrons. The number of benzene rings is 2. The van der Waals surface area contributed by atoms with Crippen molar-refractivity contribution in [2.75, 3.05) is 0 Å². The first-order chi connectivity index (χ1) is 13.9. The van der Waals surface area contributed by atoms with Crippen molar-refractivity contribution in [3.63, 3.8) is 0 Å². The Morgan fingerprint density at radius 1 is 1.03 bits per heavy atom. The summed E-state index contributed by atoms with van der Waals surface area (Å²) in [5.41, 5.74) is 5.57. The van der Waals surface area contributed by atoms with E-state index in [-0.39, 0.29) is 11.3 Å². The van der Waals surface area contributed by atoms with Crippen molar-refractivity contribution in [1.82, 2.24) is 10.5 Å². The molecule has 0 fully saturated rings. The normalized spacial score (nSPS) is 13.0. The molecule has 2 aromatic carbocycles. The standard InChI is InChI=1S/C24H27N3O2/c1-17(2)24(3,19-9-7-18(8-10-19)23(25)27-28)20-11-13-22(14-12-20)29-16-21-6-4-5-15-26-21/h4-15,17,28H,16H2,1-3H3,(H2,25,27). The van der Waals surface area contributed by atoms with Crippen LogP contribution in [0.15, 0.2) is 72.9 Å². The van der Waals surface area contributed by atoms with Crippen molar-refractivity contribution >= 4 is 5.84 Å². The lowest BCUT2D eigenvalue weighted by Crippen LogP contribution is -2.30. The molecular weight excluding hydrogens is 362 g/mol. The molecule has 5 heteroatoms. The number of rotatable bonds is 7. The van der Waals surface area contributed by atoms with Gasteiger partial charge in [0.15, 0.2) is 0 Å². The second-order valence-corrected chi connectivity index (χ2v) is 7.56. The number of nitrogens with zero attached hydrogens (tertiary/aromatic N) is 1. The van der Waals surface area contributed by atoms with E-state index >= 15 is 0 Å². The number of amidine groups is 1. The van der Waals surface area contributed by atoms with Gasteiger partial charge in [0.05, 0.1) is 5.69 Å². The quantitative estimate of drug-likeness (QED) is 0.304. The number of hydroxylamine groups is 1. The molecule has 0 bridgehead atoms. The van der Waals surface area contributed by atoms with E-state index in [0.29, 0.717) is 18.1 Å². The van der Waals surface area contributed by atoms with Crippen LogP contribution in [0.2, 0.25) is 0 Å². The second kappa shape index (κ2) is 8.88. The predicted molar refractivity (Wildman–Crippen MR) is 114 cm³/mol. The van der Waals surface area contributed by atoms with Crippen molar-refractivity contribution in [3.8, 4) is 5.75 Å². The maximum atomic E-state index is 8.94. The van der Waals surface area contributed by atoms with Crippen LogP contribution in [0.1, 0.15) is 43.2 Å². The predicted octanol–water partition coefficient (Wildman–Crippen LogP) is 4.93. The number of nitrogens with one attached hydrogen (secondary N) is 2. The van der Waals surface area contributed by atoms with Gasteiger partial charge in [-0.25, -0.2) is 0 Å². The fourth-order valence-corrected chi connectivity index (χ4v) is 3.42. The molecule has 1 atom stereocenters. The van der Waals surface area contributed by atoms with Crippen LogP contribution in [0, 0.1) is 11.3 Å². The first kappa shape index (κ1) is 20.6. The zero-order valence-electron chi connectivity index (χ0n) is 17.0. The SMILES string of the molecule is CC(C)C(C)(c1ccc(OCc2ccccn2)cc1)c1ccc(C(=N)NO)cc1. The Kier molecular flexibility index (Phi) is 6.29. The molecule has 0 amide bonds. The minimum atomic E-state index is -0.202. The fourth-order valence-electron chi connectivity index (χ4n) is 3.42. The highest BCUT2D eigenvalue weighted by atomic mass is 16.5. The van der Waals surface area contributed by atoms with Gasteiger partial charge in [0.2, 0.25) is 0 Å². The van der Waals surface area contributed by atoms with Crippen LogP contribution in [-0.2, 0) is 12.0 Å². The molecule has 0 aliphatic carbocycles. The molecule has 29 heavy (non-hydrogen) atoms. The Hall–Kier alpha value is -3.18. The molecule has 3 N–H and O–H groups in total. The van der Waals surface area contributed by atoms with Gasteiger partial charge in [0.25, 0.3) is 0 Å². The maximum absolute atomic E-state index is 8.94. The smallest absolute Gasteiger partial charge is 0.149 e. The van der Waals surface area contributed by atoms with Crippen molar-refractivity contribution in [2.24, 2.45) is 5.92 Å². The van der Waals surface area contributed by atoms with Gasteiger partial charge >= 0.3 is 0 Å². The largest absolute Gasteiger partial charge is 0.487 e. The number of hydrogen-bond acceptors (Lipinski definition) is 4. The molecule has 150 valence electrons. The molecule has 5 nitrogen and oxygen atoms in total. The van der Waals surface area contributed by atoms with E-state index in [2.05, 4.69) is 37.9 Å². The van der Waals surface area contributed by atoms with Crippen LogP contribution in [0.5, 0.6) is 5.75 Å². The molecule has 1 unspecified atom stereocenters. The molecule has 0 spiro atoms. The first-order valence-electron chi connectivity index (χ1n) is 9.68. The summed E-state index contributed by atoms with van der Waals surface area (Å²) in [5.74, 6) is 1.14. The van der Waals surface area contributed by atoms with Gasteiger partial charge in [0, 0.05) is 17.2 Å². The zero-order chi connectivity index (χ0) is 20.9. The van der Waals surface area contributed by atoms with Crippen LogP contribution in [-0.4, -0.2) is 16.0 Å². The zero-order valence-corrected chi connectivity index (χ0v) is 17.0. The first-order valence-corrected chi connectivity index (χ1v) is 9.68. The topological polar surface area (TPSA) is 78.2 Å². The number of pyridine rings is 1. The Labute approximate surface area is 171 Å². The lowest BCUT2D eigenvalue weighted by molar-refractivity contribution is 0.234. The van der Waals surface area contributed by atoms with Crippen molar-refractivity contribution < 1.29 is 9.94 Å². The highest BCUT2D eigenvalue weighted by molar-refractivity contribution is 5.95. The van der Waals surface area contributed by atoms with Gasteiger partial charge in [-0.15, -0.1) is 0 Å². The molecule has 0 saturated heterocycles. The van der Waals surface area contributed by atoms with Crippen LogP contribution in [0.4, 0.5) is 0 Å². The number of ether oxygens (including phenoxy) is 1. The van der Waals surface area contributed by atoms with Crippen LogP contribution < -0.4 is 10.2 Å². The number of aromatic nitrogens is 1. The van der Waals surface area contributed by atoms with E-state index in [0.717, 1.165) is 17.0 Å². The number of hydrogen-bond donors (Lipinski definition) is 3. The second-order valence-electron chi connectivity index (χ2n) is 7.56. The third-order valence-electron chi connectivity index (χ3n) is 5.61. The van der Waals surface area contributed by atoms with Crippen molar-refractivity contribution in [1.29, 1.82) is 5.41 Å². The van der Waals surface area contributed by atoms with E-state index in [1.165, 1.54) is 5.56 Å². The monoisotopic (exact) mass is 389 g/mol. The molecular formula is C24H27N3O2. The van der Waals surface area contributed by atoms with Crippen LogP contribution >= 0.6 is 0 Å². The molecule has 0 saturated carbocycles. The van der Waals surface area contributed by atoms with E-state index in [4.69, 9.17) is 15.4 Å². The maximum Gasteiger partial charge on any atom is 0.149 e. The Morgan fingerprint density at radius 2 is 1.66 bits per heavy atom. The van der Waals surface area contributed by atoms with Gasteiger partial charge < -0.3 is 4.74 Å². The van der Waals surface area contributed by atoms with Gasteiger partial charge in [-0.3, -0.25) is 21.1 Å². The summed E-state index contributed by atoms with van der Waals surface area (Å²) in [6, 6.07) is 21.7. The van der Waals surface area contributed by atoms with E-state index in [1.807, 2.05) is 60.1 Å². The summed E-state index contributed by atoms with van der Waals surface area (Å²) in [7, 11) is 0. The van der Waals surface area contributed by atoms with Gasteiger partial charge in [-0.2, -0.15) is 0 Å². The third-order valence-corrected chi connectivity index (χ3v) is 5.61. The average Bonchev–Trinajstić information content (AvgIpc) is 2.77. The highest BCUT2D eigenvalue weighted by Crippen LogP contribution is 2.39. The van der Waals surface area contributed by atoms with E-state index in [9.17, 15) is 0 Å². The molecule has 1 heterocycles.